The van der Waals surface area contributed by atoms with Gasteiger partial charge in [0.25, 0.3) is 5.91 Å². The number of halogens is 4. The van der Waals surface area contributed by atoms with E-state index in [-0.39, 0.29) is 17.8 Å². The van der Waals surface area contributed by atoms with Gasteiger partial charge >= 0.3 is 6.18 Å². The van der Waals surface area contributed by atoms with Gasteiger partial charge in [0, 0.05) is 12.4 Å². The van der Waals surface area contributed by atoms with Gasteiger partial charge in [-0.05, 0) is 11.6 Å². The van der Waals surface area contributed by atoms with E-state index in [1.54, 1.807) is 20.8 Å². The van der Waals surface area contributed by atoms with Gasteiger partial charge < -0.3 is 11.1 Å². The Bertz CT molecular complexity index is 728. The van der Waals surface area contributed by atoms with E-state index >= 15 is 0 Å². The lowest BCUT2D eigenvalue weighted by molar-refractivity contribution is -0.140. The fraction of sp³-hybridized carbons (Fsp3) is 0.353. The molecule has 5 nitrogen and oxygen atoms in total. The summed E-state index contributed by atoms with van der Waals surface area (Å²) in [5.74, 6) is -1.78. The molecule has 142 valence electrons. The summed E-state index contributed by atoms with van der Waals surface area (Å²) in [6.45, 7) is 5.36. The van der Waals surface area contributed by atoms with Gasteiger partial charge in [-0.15, -0.1) is 12.1 Å². The third-order valence-corrected chi connectivity index (χ3v) is 2.92. The molecule has 9 heteroatoms. The lowest BCUT2D eigenvalue weighted by Crippen LogP contribution is -2.14. The van der Waals surface area contributed by atoms with Crippen molar-refractivity contribution < 1.29 is 22.4 Å². The van der Waals surface area contributed by atoms with Crippen molar-refractivity contribution in [2.45, 2.75) is 39.0 Å². The molecule has 2 rings (SSSR count). The van der Waals surface area contributed by atoms with Gasteiger partial charge in [-0.3, -0.25) is 9.78 Å². The molecule has 2 N–H and O–H groups in total. The number of primary amides is 1. The Labute approximate surface area is 148 Å². The number of rotatable bonds is 3. The molecule has 0 aliphatic carbocycles. The minimum atomic E-state index is -4.66. The number of nitrogens with zero attached hydrogens (tertiary/aromatic N) is 3. The highest BCUT2D eigenvalue weighted by Crippen LogP contribution is 2.33. The summed E-state index contributed by atoms with van der Waals surface area (Å²) in [7, 11) is 0. The number of aromatic nitrogens is 2. The predicted octanol–water partition coefficient (Wildman–Crippen LogP) is 4.09. The fourth-order valence-electron chi connectivity index (χ4n) is 1.67. The summed E-state index contributed by atoms with van der Waals surface area (Å²) in [5, 5.41) is 4.10. The minimum Gasteiger partial charge on any atom is -0.654 e. The number of hydrogen-bond donors (Lipinski definition) is 1. The molecule has 0 aliphatic heterocycles. The number of nitrogens with two attached hydrogens (primary N) is 1. The van der Waals surface area contributed by atoms with Crippen LogP contribution < -0.4 is 5.73 Å². The summed E-state index contributed by atoms with van der Waals surface area (Å²) < 4.78 is 50.9. The van der Waals surface area contributed by atoms with Crippen LogP contribution in [0.3, 0.4) is 0 Å². The van der Waals surface area contributed by atoms with Gasteiger partial charge in [0.15, 0.2) is 0 Å². The van der Waals surface area contributed by atoms with Crippen LogP contribution in [0.1, 0.15) is 42.4 Å². The van der Waals surface area contributed by atoms with Crippen molar-refractivity contribution in [3.05, 3.63) is 64.7 Å². The molecule has 0 spiro atoms. The molecule has 0 radical (unpaired) electrons. The van der Waals surface area contributed by atoms with Gasteiger partial charge in [-0.25, -0.2) is 9.37 Å². The summed E-state index contributed by atoms with van der Waals surface area (Å²) in [6.07, 6.45) is -0.448. The molecular formula is C17H19F4N4O-. The quantitative estimate of drug-likeness (QED) is 0.825. The number of amides is 1. The number of benzene rings is 1. The fourth-order valence-corrected chi connectivity index (χ4v) is 1.67. The standard InChI is InChI=1S/C12H14F4N.C5H5N3O/c1-11(2,3)17-7-8-5-4-6-9(10(8)13)12(14,15)16;6-5(9)4-3-7-1-2-8-4/h4-6H,7H2,1-3H3;1-3H,(H2,6,9)/q-1;. The van der Waals surface area contributed by atoms with Gasteiger partial charge in [0.2, 0.25) is 0 Å². The van der Waals surface area contributed by atoms with Crippen molar-refractivity contribution in [1.82, 2.24) is 9.97 Å². The van der Waals surface area contributed by atoms with Crippen LogP contribution >= 0.6 is 0 Å². The summed E-state index contributed by atoms with van der Waals surface area (Å²) in [6, 6.07) is 3.25. The van der Waals surface area contributed by atoms with Gasteiger partial charge in [0.05, 0.1) is 11.8 Å². The van der Waals surface area contributed by atoms with E-state index in [1.165, 1.54) is 30.7 Å². The summed E-state index contributed by atoms with van der Waals surface area (Å²) >= 11 is 0. The zero-order chi connectivity index (χ0) is 20.0. The van der Waals surface area contributed by atoms with E-state index < -0.39 is 29.0 Å². The second-order valence-electron chi connectivity index (χ2n) is 6.22. The molecule has 1 aromatic heterocycles. The minimum absolute atomic E-state index is 0.0326. The molecule has 2 aromatic rings. The Morgan fingerprint density at radius 3 is 2.27 bits per heavy atom. The Balaban J connectivity index is 0.000000314. The normalized spacial score (nSPS) is 11.5. The first-order chi connectivity index (χ1) is 11.9. The molecule has 0 fully saturated rings. The molecule has 1 aromatic carbocycles. The van der Waals surface area contributed by atoms with E-state index in [9.17, 15) is 22.4 Å². The monoisotopic (exact) mass is 371 g/mol. The Hall–Kier alpha value is -2.55. The second-order valence-corrected chi connectivity index (χ2v) is 6.22. The number of hydrogen-bond acceptors (Lipinski definition) is 3. The first kappa shape index (κ1) is 21.5. The third kappa shape index (κ3) is 7.14. The predicted molar refractivity (Wildman–Crippen MR) is 88.8 cm³/mol. The van der Waals surface area contributed by atoms with E-state index in [0.717, 1.165) is 6.07 Å². The highest BCUT2D eigenvalue weighted by Gasteiger charge is 2.34. The zero-order valence-corrected chi connectivity index (χ0v) is 14.5. The van der Waals surface area contributed by atoms with E-state index in [4.69, 9.17) is 5.73 Å². The Morgan fingerprint density at radius 2 is 1.85 bits per heavy atom. The maximum atomic E-state index is 13.6. The van der Waals surface area contributed by atoms with Crippen LogP contribution in [-0.2, 0) is 12.7 Å². The largest absolute Gasteiger partial charge is 0.654 e. The topological polar surface area (TPSA) is 83.0 Å². The Kier molecular flexibility index (Phi) is 7.19. The van der Waals surface area contributed by atoms with Crippen molar-refractivity contribution in [2.24, 2.45) is 5.73 Å². The van der Waals surface area contributed by atoms with E-state index in [2.05, 4.69) is 15.3 Å². The van der Waals surface area contributed by atoms with Gasteiger partial charge in [0.1, 0.15) is 11.5 Å². The molecule has 1 heterocycles. The zero-order valence-electron chi connectivity index (χ0n) is 14.5. The lowest BCUT2D eigenvalue weighted by Gasteiger charge is -2.36. The highest BCUT2D eigenvalue weighted by molar-refractivity contribution is 5.90. The van der Waals surface area contributed by atoms with E-state index in [0.29, 0.717) is 0 Å². The average Bonchev–Trinajstić information content (AvgIpc) is 2.53. The first-order valence-corrected chi connectivity index (χ1v) is 7.51. The molecule has 0 unspecified atom stereocenters. The van der Waals surface area contributed by atoms with Crippen LogP contribution in [0.5, 0.6) is 0 Å². The maximum absolute atomic E-state index is 13.6. The van der Waals surface area contributed by atoms with Crippen molar-refractivity contribution in [3.63, 3.8) is 0 Å². The van der Waals surface area contributed by atoms with Crippen LogP contribution in [0.25, 0.3) is 5.32 Å². The van der Waals surface area contributed by atoms with Crippen molar-refractivity contribution in [3.8, 4) is 0 Å². The molecular weight excluding hydrogens is 352 g/mol. The third-order valence-electron chi connectivity index (χ3n) is 2.92. The molecule has 1 amide bonds. The van der Waals surface area contributed by atoms with Crippen LogP contribution in [0.2, 0.25) is 0 Å². The smallest absolute Gasteiger partial charge is 0.419 e. The number of carbonyl (C=O) groups excluding carboxylic acids is 1. The van der Waals surface area contributed by atoms with Crippen LogP contribution in [-0.4, -0.2) is 21.4 Å². The Morgan fingerprint density at radius 1 is 1.19 bits per heavy atom. The highest BCUT2D eigenvalue weighted by atomic mass is 19.4. The number of carbonyl (C=O) groups is 1. The van der Waals surface area contributed by atoms with E-state index in [1.807, 2.05) is 0 Å². The maximum Gasteiger partial charge on any atom is 0.419 e. The van der Waals surface area contributed by atoms with Gasteiger partial charge in [-0.1, -0.05) is 32.9 Å². The van der Waals surface area contributed by atoms with Crippen molar-refractivity contribution in [1.29, 1.82) is 0 Å². The molecule has 26 heavy (non-hydrogen) atoms. The first-order valence-electron chi connectivity index (χ1n) is 7.51. The van der Waals surface area contributed by atoms with Gasteiger partial charge in [-0.2, -0.15) is 13.2 Å². The number of alkyl halides is 3. The summed E-state index contributed by atoms with van der Waals surface area (Å²) in [5.41, 5.74) is 3.39. The van der Waals surface area contributed by atoms with Crippen LogP contribution in [0.4, 0.5) is 17.6 Å². The van der Waals surface area contributed by atoms with Crippen molar-refractivity contribution in [2.75, 3.05) is 0 Å². The molecule has 0 saturated heterocycles. The molecule has 0 atom stereocenters. The SMILES string of the molecule is CC(C)(C)[N-]Cc1cccc(C(F)(F)F)c1F.NC(=O)c1cnccn1. The molecule has 0 bridgehead atoms. The molecule has 0 saturated carbocycles. The lowest BCUT2D eigenvalue weighted by atomic mass is 10.1. The van der Waals surface area contributed by atoms with Crippen molar-refractivity contribution >= 4 is 5.91 Å². The average molecular weight is 371 g/mol. The van der Waals surface area contributed by atoms with Crippen LogP contribution in [0.15, 0.2) is 36.8 Å². The van der Waals surface area contributed by atoms with Crippen LogP contribution in [0, 0.1) is 5.82 Å². The second kappa shape index (κ2) is 8.70. The molecule has 0 aliphatic rings. The summed E-state index contributed by atoms with van der Waals surface area (Å²) in [4.78, 5) is 17.6.